The average molecular weight is 401 g/mol. The molecule has 1 saturated heterocycles. The molecule has 0 spiro atoms. The lowest BCUT2D eigenvalue weighted by atomic mass is 10.1. The summed E-state index contributed by atoms with van der Waals surface area (Å²) in [7, 11) is 0. The fraction of sp³-hybridized carbons (Fsp3) is 0.304. The Morgan fingerprint density at radius 2 is 2.07 bits per heavy atom. The molecule has 2 aliphatic rings. The second-order valence-electron chi connectivity index (χ2n) is 7.91. The Morgan fingerprint density at radius 1 is 1.17 bits per heavy atom. The van der Waals surface area contributed by atoms with Gasteiger partial charge in [-0.15, -0.1) is 0 Å². The summed E-state index contributed by atoms with van der Waals surface area (Å²) in [6.45, 7) is 0.814. The van der Waals surface area contributed by atoms with Crippen LogP contribution in [0, 0.1) is 5.92 Å². The van der Waals surface area contributed by atoms with Crippen LogP contribution in [0.5, 0.6) is 0 Å². The molecule has 0 bridgehead atoms. The van der Waals surface area contributed by atoms with Crippen molar-refractivity contribution in [2.45, 2.75) is 32.2 Å². The topological polar surface area (TPSA) is 80.1 Å². The molecule has 1 fully saturated rings. The van der Waals surface area contributed by atoms with Crippen LogP contribution < -0.4 is 10.2 Å². The molecule has 2 amide bonds. The summed E-state index contributed by atoms with van der Waals surface area (Å²) in [6.07, 6.45) is 8.87. The molecule has 3 aromatic rings. The van der Waals surface area contributed by atoms with Crippen LogP contribution >= 0.6 is 0 Å². The molecule has 5 rings (SSSR count). The summed E-state index contributed by atoms with van der Waals surface area (Å²) in [5, 5.41) is 7.10. The number of hydrogen-bond acceptors (Lipinski definition) is 4. The van der Waals surface area contributed by atoms with Crippen molar-refractivity contribution < 1.29 is 9.59 Å². The van der Waals surface area contributed by atoms with E-state index in [1.54, 1.807) is 22.0 Å². The van der Waals surface area contributed by atoms with Crippen molar-refractivity contribution >= 4 is 17.5 Å². The maximum absolute atomic E-state index is 12.7. The second-order valence-corrected chi connectivity index (χ2v) is 7.91. The predicted octanol–water partition coefficient (Wildman–Crippen LogP) is 2.43. The lowest BCUT2D eigenvalue weighted by molar-refractivity contribution is -0.126. The van der Waals surface area contributed by atoms with Gasteiger partial charge in [-0.1, -0.05) is 12.1 Å². The molecule has 1 aromatic carbocycles. The van der Waals surface area contributed by atoms with E-state index >= 15 is 0 Å². The van der Waals surface area contributed by atoms with Gasteiger partial charge in [0.1, 0.15) is 0 Å². The van der Waals surface area contributed by atoms with Crippen molar-refractivity contribution in [2.24, 2.45) is 5.92 Å². The first-order chi connectivity index (χ1) is 14.7. The van der Waals surface area contributed by atoms with Gasteiger partial charge in [0.25, 0.3) is 0 Å². The smallest absolute Gasteiger partial charge is 0.227 e. The lowest BCUT2D eigenvalue weighted by Crippen LogP contribution is -2.32. The first-order valence-electron chi connectivity index (χ1n) is 10.3. The number of aromatic nitrogens is 3. The van der Waals surface area contributed by atoms with Gasteiger partial charge in [0, 0.05) is 43.8 Å². The second kappa shape index (κ2) is 7.74. The van der Waals surface area contributed by atoms with Crippen LogP contribution in [-0.2, 0) is 29.0 Å². The highest BCUT2D eigenvalue weighted by molar-refractivity contribution is 6.00. The minimum atomic E-state index is -0.331. The molecule has 1 atom stereocenters. The third kappa shape index (κ3) is 3.58. The van der Waals surface area contributed by atoms with E-state index in [1.165, 1.54) is 17.5 Å². The van der Waals surface area contributed by atoms with E-state index in [0.717, 1.165) is 29.9 Å². The van der Waals surface area contributed by atoms with E-state index < -0.39 is 0 Å². The van der Waals surface area contributed by atoms with E-state index in [4.69, 9.17) is 0 Å². The van der Waals surface area contributed by atoms with Gasteiger partial charge in [0.15, 0.2) is 5.82 Å². The number of amides is 2. The highest BCUT2D eigenvalue weighted by Crippen LogP contribution is 2.30. The Kier molecular flexibility index (Phi) is 4.78. The molecule has 2 aromatic heterocycles. The molecule has 7 nitrogen and oxygen atoms in total. The molecular weight excluding hydrogens is 378 g/mol. The molecule has 7 heteroatoms. The average Bonchev–Trinajstić information content (AvgIpc) is 3.52. The monoisotopic (exact) mass is 401 g/mol. The largest absolute Gasteiger partial charge is 0.352 e. The number of hydrogen-bond donors (Lipinski definition) is 1. The number of carbonyl (C=O) groups is 2. The number of pyridine rings is 1. The van der Waals surface area contributed by atoms with Crippen LogP contribution in [0.15, 0.2) is 55.0 Å². The van der Waals surface area contributed by atoms with Gasteiger partial charge < -0.3 is 10.2 Å². The summed E-state index contributed by atoms with van der Waals surface area (Å²) < 4.78 is 1.68. The Labute approximate surface area is 174 Å². The molecule has 0 saturated carbocycles. The van der Waals surface area contributed by atoms with Gasteiger partial charge in [-0.3, -0.25) is 9.59 Å². The Bertz CT molecular complexity index is 1080. The van der Waals surface area contributed by atoms with Gasteiger partial charge in [0.2, 0.25) is 11.8 Å². The summed E-state index contributed by atoms with van der Waals surface area (Å²) in [4.78, 5) is 31.3. The number of anilines is 1. The van der Waals surface area contributed by atoms with Crippen molar-refractivity contribution in [2.75, 3.05) is 11.4 Å². The number of fused-ring (bicyclic) bond motifs is 1. The Hall–Kier alpha value is -3.48. The molecule has 3 heterocycles. The Morgan fingerprint density at radius 3 is 2.87 bits per heavy atom. The van der Waals surface area contributed by atoms with E-state index in [0.29, 0.717) is 13.1 Å². The van der Waals surface area contributed by atoms with Gasteiger partial charge in [-0.2, -0.15) is 5.10 Å². The summed E-state index contributed by atoms with van der Waals surface area (Å²) in [5.74, 6) is 0.310. The molecule has 1 N–H and O–H groups in total. The normalized spacial score (nSPS) is 17.9. The minimum absolute atomic E-state index is 0.0124. The zero-order valence-electron chi connectivity index (χ0n) is 16.6. The van der Waals surface area contributed by atoms with Crippen LogP contribution in [0.2, 0.25) is 0 Å². The number of benzene rings is 1. The fourth-order valence-electron chi connectivity index (χ4n) is 4.25. The fourth-order valence-corrected chi connectivity index (χ4v) is 4.25. The van der Waals surface area contributed by atoms with Gasteiger partial charge in [-0.25, -0.2) is 9.67 Å². The van der Waals surface area contributed by atoms with Crippen LogP contribution in [0.25, 0.3) is 5.82 Å². The van der Waals surface area contributed by atoms with Gasteiger partial charge >= 0.3 is 0 Å². The quantitative estimate of drug-likeness (QED) is 0.712. The first-order valence-corrected chi connectivity index (χ1v) is 10.3. The van der Waals surface area contributed by atoms with Crippen molar-refractivity contribution in [3.8, 4) is 5.82 Å². The highest BCUT2D eigenvalue weighted by atomic mass is 16.2. The van der Waals surface area contributed by atoms with Crippen molar-refractivity contribution in [3.63, 3.8) is 0 Å². The van der Waals surface area contributed by atoms with Crippen molar-refractivity contribution in [1.82, 2.24) is 20.1 Å². The maximum atomic E-state index is 12.7. The summed E-state index contributed by atoms with van der Waals surface area (Å²) in [6, 6.07) is 11.9. The number of rotatable bonds is 5. The molecule has 30 heavy (non-hydrogen) atoms. The van der Waals surface area contributed by atoms with Gasteiger partial charge in [-0.05, 0) is 60.2 Å². The SMILES string of the molecule is O=C(NCc1ccc(-n2cccn2)nc1)[C@H]1CC(=O)N(c2ccc3c(c2)CCC3)C1. The number of nitrogens with zero attached hydrogens (tertiary/aromatic N) is 4. The number of nitrogens with one attached hydrogen (secondary N) is 1. The molecular formula is C23H23N5O2. The van der Waals surface area contributed by atoms with E-state index in [9.17, 15) is 9.59 Å². The molecule has 0 radical (unpaired) electrons. The summed E-state index contributed by atoms with van der Waals surface area (Å²) in [5.41, 5.74) is 4.53. The summed E-state index contributed by atoms with van der Waals surface area (Å²) >= 11 is 0. The minimum Gasteiger partial charge on any atom is -0.352 e. The zero-order valence-corrected chi connectivity index (χ0v) is 16.6. The molecule has 152 valence electrons. The maximum Gasteiger partial charge on any atom is 0.227 e. The first kappa shape index (κ1) is 18.5. The third-order valence-electron chi connectivity index (χ3n) is 5.90. The van der Waals surface area contributed by atoms with Crippen molar-refractivity contribution in [3.05, 3.63) is 71.7 Å². The number of aryl methyl sites for hydroxylation is 2. The van der Waals surface area contributed by atoms with E-state index in [-0.39, 0.29) is 24.2 Å². The number of carbonyl (C=O) groups excluding carboxylic acids is 2. The lowest BCUT2D eigenvalue weighted by Gasteiger charge is -2.18. The molecule has 1 aliphatic carbocycles. The van der Waals surface area contributed by atoms with Crippen LogP contribution in [0.4, 0.5) is 5.69 Å². The van der Waals surface area contributed by atoms with E-state index in [2.05, 4.69) is 27.5 Å². The van der Waals surface area contributed by atoms with Crippen LogP contribution in [-0.4, -0.2) is 33.1 Å². The van der Waals surface area contributed by atoms with E-state index in [1.807, 2.05) is 30.5 Å². The predicted molar refractivity (Wildman–Crippen MR) is 112 cm³/mol. The van der Waals surface area contributed by atoms with Crippen LogP contribution in [0.3, 0.4) is 0 Å². The highest BCUT2D eigenvalue weighted by Gasteiger charge is 2.35. The molecule has 0 unspecified atom stereocenters. The van der Waals surface area contributed by atoms with Crippen LogP contribution in [0.1, 0.15) is 29.5 Å². The van der Waals surface area contributed by atoms with Gasteiger partial charge in [0.05, 0.1) is 5.92 Å². The standard InChI is InChI=1S/C23H23N5O2/c29-22-12-19(15-27(22)20-7-6-17-3-1-4-18(17)11-20)23(30)25-14-16-5-8-21(24-13-16)28-10-2-9-26-28/h2,5-11,13,19H,1,3-4,12,14-15H2,(H,25,30)/t19-/m0/s1. The Balaban J connectivity index is 1.19. The third-order valence-corrected chi connectivity index (χ3v) is 5.90. The molecule has 1 aliphatic heterocycles. The zero-order chi connectivity index (χ0) is 20.5. The van der Waals surface area contributed by atoms with Crippen molar-refractivity contribution in [1.29, 1.82) is 0 Å².